The number of anilines is 1. The van der Waals surface area contributed by atoms with Crippen molar-refractivity contribution in [2.45, 2.75) is 19.4 Å². The van der Waals surface area contributed by atoms with Gasteiger partial charge in [-0.3, -0.25) is 4.98 Å². The highest BCUT2D eigenvalue weighted by molar-refractivity contribution is 5.71. The zero-order chi connectivity index (χ0) is 12.5. The van der Waals surface area contributed by atoms with E-state index in [9.17, 15) is 0 Å². The number of fused-ring (bicyclic) bond motifs is 1. The lowest BCUT2D eigenvalue weighted by atomic mass is 10.0. The van der Waals surface area contributed by atoms with Crippen LogP contribution in [0.2, 0.25) is 0 Å². The first-order valence-corrected chi connectivity index (χ1v) is 6.32. The van der Waals surface area contributed by atoms with Gasteiger partial charge in [-0.1, -0.05) is 0 Å². The average Bonchev–Trinajstić information content (AvgIpc) is 2.88. The number of nitrogens with zero attached hydrogens (tertiary/aromatic N) is 4. The van der Waals surface area contributed by atoms with Crippen LogP contribution in [0.25, 0.3) is 11.2 Å². The normalized spacial score (nSPS) is 21.4. The van der Waals surface area contributed by atoms with E-state index in [1.165, 1.54) is 0 Å². The van der Waals surface area contributed by atoms with Crippen molar-refractivity contribution in [2.24, 2.45) is 11.7 Å². The van der Waals surface area contributed by atoms with Crippen molar-refractivity contribution in [2.75, 3.05) is 18.0 Å². The molecule has 18 heavy (non-hydrogen) atoms. The molecule has 0 amide bonds. The zero-order valence-corrected chi connectivity index (χ0v) is 10.5. The Morgan fingerprint density at radius 3 is 2.94 bits per heavy atom. The SMILES string of the molecule is CC(N)C1CCN(c2ccc3nccnc3n2)C1. The number of hydrogen-bond donors (Lipinski definition) is 1. The highest BCUT2D eigenvalue weighted by Gasteiger charge is 2.26. The van der Waals surface area contributed by atoms with E-state index >= 15 is 0 Å². The Bertz CT molecular complexity index is 554. The van der Waals surface area contributed by atoms with Crippen LogP contribution < -0.4 is 10.6 Å². The van der Waals surface area contributed by atoms with Gasteiger partial charge in [0.2, 0.25) is 0 Å². The molecule has 0 bridgehead atoms. The molecule has 0 spiro atoms. The van der Waals surface area contributed by atoms with Crippen molar-refractivity contribution >= 4 is 17.0 Å². The Morgan fingerprint density at radius 2 is 2.17 bits per heavy atom. The number of rotatable bonds is 2. The van der Waals surface area contributed by atoms with E-state index in [1.807, 2.05) is 12.1 Å². The molecule has 2 atom stereocenters. The van der Waals surface area contributed by atoms with Crippen LogP contribution in [0.1, 0.15) is 13.3 Å². The highest BCUT2D eigenvalue weighted by atomic mass is 15.2. The lowest BCUT2D eigenvalue weighted by Gasteiger charge is -2.18. The van der Waals surface area contributed by atoms with Crippen LogP contribution in [0.15, 0.2) is 24.5 Å². The quantitative estimate of drug-likeness (QED) is 0.858. The van der Waals surface area contributed by atoms with E-state index in [4.69, 9.17) is 5.73 Å². The second-order valence-corrected chi connectivity index (χ2v) is 4.92. The molecule has 0 saturated carbocycles. The molecule has 0 radical (unpaired) electrons. The van der Waals surface area contributed by atoms with Gasteiger partial charge in [-0.15, -0.1) is 0 Å². The van der Waals surface area contributed by atoms with Gasteiger partial charge in [-0.2, -0.15) is 0 Å². The molecule has 5 nitrogen and oxygen atoms in total. The standard InChI is InChI=1S/C13H17N5/c1-9(14)10-4-7-18(8-10)12-3-2-11-13(17-12)16-6-5-15-11/h2-3,5-6,9-10H,4,7-8,14H2,1H3. The van der Waals surface area contributed by atoms with Gasteiger partial charge in [0.1, 0.15) is 11.3 Å². The summed E-state index contributed by atoms with van der Waals surface area (Å²) in [4.78, 5) is 15.3. The van der Waals surface area contributed by atoms with Gasteiger partial charge in [0, 0.05) is 31.5 Å². The van der Waals surface area contributed by atoms with E-state index in [0.717, 1.165) is 30.8 Å². The Hall–Kier alpha value is -1.75. The van der Waals surface area contributed by atoms with Crippen molar-refractivity contribution in [3.05, 3.63) is 24.5 Å². The molecule has 3 rings (SSSR count). The van der Waals surface area contributed by atoms with Crippen LogP contribution in [0.5, 0.6) is 0 Å². The second kappa shape index (κ2) is 4.49. The summed E-state index contributed by atoms with van der Waals surface area (Å²) in [5, 5.41) is 0. The van der Waals surface area contributed by atoms with E-state index in [2.05, 4.69) is 26.8 Å². The highest BCUT2D eigenvalue weighted by Crippen LogP contribution is 2.24. The third-order valence-corrected chi connectivity index (χ3v) is 3.61. The first-order valence-electron chi connectivity index (χ1n) is 6.32. The first-order chi connectivity index (χ1) is 8.74. The lowest BCUT2D eigenvalue weighted by Crippen LogP contribution is -2.30. The maximum absolute atomic E-state index is 5.96. The minimum absolute atomic E-state index is 0.246. The molecule has 3 heterocycles. The molecule has 0 aliphatic carbocycles. The molecule has 94 valence electrons. The number of pyridine rings is 1. The number of hydrogen-bond acceptors (Lipinski definition) is 5. The molecule has 2 aromatic rings. The van der Waals surface area contributed by atoms with Crippen molar-refractivity contribution in [3.63, 3.8) is 0 Å². The van der Waals surface area contributed by atoms with E-state index in [1.54, 1.807) is 12.4 Å². The van der Waals surface area contributed by atoms with E-state index < -0.39 is 0 Å². The fourth-order valence-electron chi connectivity index (χ4n) is 2.45. The third kappa shape index (κ3) is 2.01. The second-order valence-electron chi connectivity index (χ2n) is 4.92. The van der Waals surface area contributed by atoms with Crippen LogP contribution in [-0.4, -0.2) is 34.1 Å². The largest absolute Gasteiger partial charge is 0.356 e. The predicted molar refractivity (Wildman–Crippen MR) is 71.3 cm³/mol. The maximum Gasteiger partial charge on any atom is 0.180 e. The van der Waals surface area contributed by atoms with Gasteiger partial charge < -0.3 is 10.6 Å². The molecule has 2 aromatic heterocycles. The fourth-order valence-corrected chi connectivity index (χ4v) is 2.45. The van der Waals surface area contributed by atoms with E-state index in [0.29, 0.717) is 11.6 Å². The summed E-state index contributed by atoms with van der Waals surface area (Å²) in [5.74, 6) is 1.54. The van der Waals surface area contributed by atoms with Crippen LogP contribution in [0, 0.1) is 5.92 Å². The Labute approximate surface area is 106 Å². The Kier molecular flexibility index (Phi) is 2.83. The lowest BCUT2D eigenvalue weighted by molar-refractivity contribution is 0.488. The number of nitrogens with two attached hydrogens (primary N) is 1. The topological polar surface area (TPSA) is 67.9 Å². The molecule has 1 aliphatic heterocycles. The summed E-state index contributed by atoms with van der Waals surface area (Å²) < 4.78 is 0. The molecule has 5 heteroatoms. The van der Waals surface area contributed by atoms with E-state index in [-0.39, 0.29) is 6.04 Å². The summed E-state index contributed by atoms with van der Waals surface area (Å²) in [6, 6.07) is 4.24. The van der Waals surface area contributed by atoms with Gasteiger partial charge in [-0.25, -0.2) is 9.97 Å². The van der Waals surface area contributed by atoms with Gasteiger partial charge in [0.15, 0.2) is 5.65 Å². The maximum atomic E-state index is 5.96. The van der Waals surface area contributed by atoms with Crippen LogP contribution in [-0.2, 0) is 0 Å². The van der Waals surface area contributed by atoms with Crippen molar-refractivity contribution in [1.29, 1.82) is 0 Å². The third-order valence-electron chi connectivity index (χ3n) is 3.61. The summed E-state index contributed by atoms with van der Waals surface area (Å²) >= 11 is 0. The van der Waals surface area contributed by atoms with Crippen molar-refractivity contribution < 1.29 is 0 Å². The molecule has 2 unspecified atom stereocenters. The van der Waals surface area contributed by atoms with Gasteiger partial charge in [0.25, 0.3) is 0 Å². The summed E-state index contributed by atoms with van der Waals surface area (Å²) in [5.41, 5.74) is 7.50. The van der Waals surface area contributed by atoms with Crippen molar-refractivity contribution in [3.8, 4) is 0 Å². The minimum atomic E-state index is 0.246. The Morgan fingerprint density at radius 1 is 1.33 bits per heavy atom. The van der Waals surface area contributed by atoms with Gasteiger partial charge in [-0.05, 0) is 31.4 Å². The molecule has 0 aromatic carbocycles. The molecule has 1 aliphatic rings. The smallest absolute Gasteiger partial charge is 0.180 e. The molecular weight excluding hydrogens is 226 g/mol. The Balaban J connectivity index is 1.87. The fraction of sp³-hybridized carbons (Fsp3) is 0.462. The average molecular weight is 243 g/mol. The monoisotopic (exact) mass is 243 g/mol. The van der Waals surface area contributed by atoms with Gasteiger partial charge in [0.05, 0.1) is 0 Å². The molecule has 2 N–H and O–H groups in total. The first kappa shape index (κ1) is 11.3. The molecule has 1 saturated heterocycles. The predicted octanol–water partition coefficient (Wildman–Crippen LogP) is 1.20. The summed E-state index contributed by atoms with van der Waals surface area (Å²) in [7, 11) is 0. The minimum Gasteiger partial charge on any atom is -0.356 e. The number of aromatic nitrogens is 3. The molecular formula is C13H17N5. The zero-order valence-electron chi connectivity index (χ0n) is 10.5. The van der Waals surface area contributed by atoms with Gasteiger partial charge >= 0.3 is 0 Å². The molecule has 1 fully saturated rings. The van der Waals surface area contributed by atoms with Crippen LogP contribution in [0.4, 0.5) is 5.82 Å². The van der Waals surface area contributed by atoms with Crippen molar-refractivity contribution in [1.82, 2.24) is 15.0 Å². The summed E-state index contributed by atoms with van der Waals surface area (Å²) in [6.45, 7) is 4.08. The summed E-state index contributed by atoms with van der Waals surface area (Å²) in [6.07, 6.45) is 4.50. The van der Waals surface area contributed by atoms with Crippen LogP contribution >= 0.6 is 0 Å². The van der Waals surface area contributed by atoms with Crippen LogP contribution in [0.3, 0.4) is 0 Å².